The van der Waals surface area contributed by atoms with E-state index in [1.165, 1.54) is 29.9 Å². The van der Waals surface area contributed by atoms with E-state index >= 15 is 0 Å². The molecule has 0 unspecified atom stereocenters. The maximum absolute atomic E-state index is 3.92. The van der Waals surface area contributed by atoms with Crippen molar-refractivity contribution in [1.29, 1.82) is 0 Å². The summed E-state index contributed by atoms with van der Waals surface area (Å²) in [5.74, 6) is 1.45. The molecule has 0 aliphatic rings. The molecular formula is C18H20. The van der Waals surface area contributed by atoms with Gasteiger partial charge in [0.1, 0.15) is 0 Å². The molecule has 2 aromatic carbocycles. The van der Waals surface area contributed by atoms with E-state index < -0.39 is 0 Å². The van der Waals surface area contributed by atoms with E-state index in [0.717, 1.165) is 12.8 Å². The molecule has 0 aromatic heterocycles. The lowest BCUT2D eigenvalue weighted by molar-refractivity contribution is 0.716. The van der Waals surface area contributed by atoms with Crippen molar-refractivity contribution >= 4 is 0 Å². The molecule has 0 saturated carbocycles. The Morgan fingerprint density at radius 2 is 1.22 bits per heavy atom. The van der Waals surface area contributed by atoms with Crippen LogP contribution in [0.1, 0.15) is 36.8 Å². The normalized spacial score (nSPS) is 10.8. The van der Waals surface area contributed by atoms with Gasteiger partial charge in [0.25, 0.3) is 0 Å². The van der Waals surface area contributed by atoms with Gasteiger partial charge in [0.05, 0.1) is 0 Å². The Kier molecular flexibility index (Phi) is 5.01. The van der Waals surface area contributed by atoms with Crippen molar-refractivity contribution in [3.05, 3.63) is 84.6 Å². The van der Waals surface area contributed by atoms with Gasteiger partial charge in [-0.1, -0.05) is 86.8 Å². The fourth-order valence-corrected chi connectivity index (χ4v) is 2.21. The summed E-state index contributed by atoms with van der Waals surface area (Å²) in [4.78, 5) is 0. The second kappa shape index (κ2) is 7.00. The zero-order valence-electron chi connectivity index (χ0n) is 10.8. The van der Waals surface area contributed by atoms with Crippen molar-refractivity contribution in [2.45, 2.75) is 25.7 Å². The van der Waals surface area contributed by atoms with Crippen LogP contribution in [0.3, 0.4) is 0 Å². The van der Waals surface area contributed by atoms with Crippen molar-refractivity contribution in [1.82, 2.24) is 0 Å². The van der Waals surface area contributed by atoms with Crippen LogP contribution in [0, 0.1) is 12.8 Å². The third-order valence-electron chi connectivity index (χ3n) is 3.17. The molecule has 0 bridgehead atoms. The first-order valence-electron chi connectivity index (χ1n) is 6.67. The fraction of sp³-hybridized carbons (Fsp3) is 0.222. The minimum atomic E-state index is 1.02. The molecule has 0 saturated heterocycles. The molecule has 0 nitrogen and oxygen atoms in total. The molecule has 0 atom stereocenters. The van der Waals surface area contributed by atoms with Crippen molar-refractivity contribution in [3.63, 3.8) is 0 Å². The summed E-state index contributed by atoms with van der Waals surface area (Å²) in [6.07, 6.45) is 4.56. The van der Waals surface area contributed by atoms with Crippen LogP contribution < -0.4 is 0 Å². The molecule has 0 aliphatic heterocycles. The van der Waals surface area contributed by atoms with Gasteiger partial charge in [-0.05, 0) is 17.5 Å². The standard InChI is InChI=1S/C18H20/c1-2-3-6-15-18(16-11-7-4-8-12-16)17-13-9-5-10-14-17/h4-5,7-14H,1-3,6,15H2. The first-order chi connectivity index (χ1) is 8.92. The highest BCUT2D eigenvalue weighted by Crippen LogP contribution is 2.28. The van der Waals surface area contributed by atoms with Gasteiger partial charge in [0, 0.05) is 5.92 Å². The molecular weight excluding hydrogens is 216 g/mol. The smallest absolute Gasteiger partial charge is 0.0340 e. The third kappa shape index (κ3) is 3.46. The lowest BCUT2D eigenvalue weighted by atomic mass is 9.87. The summed E-state index contributed by atoms with van der Waals surface area (Å²) in [5, 5.41) is 0. The third-order valence-corrected chi connectivity index (χ3v) is 3.17. The molecule has 0 heteroatoms. The Balaban J connectivity index is 2.18. The molecule has 0 N–H and O–H groups in total. The SMILES string of the molecule is [CH2]CCCC[C](c1ccccc1)c1ccccc1. The van der Waals surface area contributed by atoms with Crippen LogP contribution in [0.25, 0.3) is 0 Å². The maximum atomic E-state index is 3.92. The van der Waals surface area contributed by atoms with E-state index in [2.05, 4.69) is 67.6 Å². The van der Waals surface area contributed by atoms with E-state index in [4.69, 9.17) is 0 Å². The first kappa shape index (κ1) is 12.9. The average Bonchev–Trinajstić information content (AvgIpc) is 2.46. The monoisotopic (exact) mass is 236 g/mol. The highest BCUT2D eigenvalue weighted by atomic mass is 14.2. The summed E-state index contributed by atoms with van der Waals surface area (Å²) in [5.41, 5.74) is 2.68. The Morgan fingerprint density at radius 1 is 0.722 bits per heavy atom. The number of rotatable bonds is 6. The van der Waals surface area contributed by atoms with Crippen LogP contribution in [-0.4, -0.2) is 0 Å². The molecule has 18 heavy (non-hydrogen) atoms. The Bertz CT molecular complexity index is 391. The quantitative estimate of drug-likeness (QED) is 0.615. The topological polar surface area (TPSA) is 0 Å². The molecule has 2 radical (unpaired) electrons. The highest BCUT2D eigenvalue weighted by molar-refractivity contribution is 5.45. The molecule has 0 spiro atoms. The number of unbranched alkanes of at least 4 members (excludes halogenated alkanes) is 2. The summed E-state index contributed by atoms with van der Waals surface area (Å²) in [6, 6.07) is 21.4. The average molecular weight is 236 g/mol. The summed E-state index contributed by atoms with van der Waals surface area (Å²) in [7, 11) is 0. The molecule has 0 heterocycles. The summed E-state index contributed by atoms with van der Waals surface area (Å²) >= 11 is 0. The van der Waals surface area contributed by atoms with E-state index in [0.29, 0.717) is 0 Å². The second-order valence-electron chi connectivity index (χ2n) is 4.52. The van der Waals surface area contributed by atoms with Crippen LogP contribution >= 0.6 is 0 Å². The molecule has 2 aromatic rings. The zero-order valence-corrected chi connectivity index (χ0v) is 10.8. The maximum Gasteiger partial charge on any atom is 0.0340 e. The minimum absolute atomic E-state index is 1.02. The van der Waals surface area contributed by atoms with Crippen molar-refractivity contribution in [3.8, 4) is 0 Å². The van der Waals surface area contributed by atoms with E-state index in [-0.39, 0.29) is 0 Å². The van der Waals surface area contributed by atoms with Crippen molar-refractivity contribution in [2.24, 2.45) is 0 Å². The number of hydrogen-bond donors (Lipinski definition) is 0. The van der Waals surface area contributed by atoms with E-state index in [9.17, 15) is 0 Å². The molecule has 92 valence electrons. The molecule has 0 aliphatic carbocycles. The Morgan fingerprint density at radius 3 is 1.67 bits per heavy atom. The minimum Gasteiger partial charge on any atom is -0.0622 e. The fourth-order valence-electron chi connectivity index (χ4n) is 2.21. The van der Waals surface area contributed by atoms with Gasteiger partial charge in [0.15, 0.2) is 0 Å². The lowest BCUT2D eigenvalue weighted by Gasteiger charge is -2.17. The van der Waals surface area contributed by atoms with Gasteiger partial charge in [-0.15, -0.1) is 0 Å². The van der Waals surface area contributed by atoms with Gasteiger partial charge in [-0.3, -0.25) is 0 Å². The van der Waals surface area contributed by atoms with Gasteiger partial charge >= 0.3 is 0 Å². The Labute approximate surface area is 111 Å². The number of benzene rings is 2. The largest absolute Gasteiger partial charge is 0.0622 e. The van der Waals surface area contributed by atoms with Gasteiger partial charge in [0.2, 0.25) is 0 Å². The Hall–Kier alpha value is -1.56. The summed E-state index contributed by atoms with van der Waals surface area (Å²) in [6.45, 7) is 3.92. The molecule has 0 amide bonds. The van der Waals surface area contributed by atoms with Crippen LogP contribution in [0.5, 0.6) is 0 Å². The number of hydrogen-bond acceptors (Lipinski definition) is 0. The van der Waals surface area contributed by atoms with Crippen LogP contribution in [0.4, 0.5) is 0 Å². The van der Waals surface area contributed by atoms with Gasteiger partial charge < -0.3 is 0 Å². The van der Waals surface area contributed by atoms with Crippen molar-refractivity contribution in [2.75, 3.05) is 0 Å². The first-order valence-corrected chi connectivity index (χ1v) is 6.67. The van der Waals surface area contributed by atoms with E-state index in [1.54, 1.807) is 0 Å². The second-order valence-corrected chi connectivity index (χ2v) is 4.52. The van der Waals surface area contributed by atoms with Crippen LogP contribution in [-0.2, 0) is 0 Å². The summed E-state index contributed by atoms with van der Waals surface area (Å²) < 4.78 is 0. The van der Waals surface area contributed by atoms with Gasteiger partial charge in [-0.25, -0.2) is 0 Å². The highest BCUT2D eigenvalue weighted by Gasteiger charge is 2.13. The molecule has 0 fully saturated rings. The molecule has 2 rings (SSSR count). The van der Waals surface area contributed by atoms with Crippen LogP contribution in [0.2, 0.25) is 0 Å². The van der Waals surface area contributed by atoms with Gasteiger partial charge in [-0.2, -0.15) is 0 Å². The van der Waals surface area contributed by atoms with E-state index in [1.807, 2.05) is 0 Å². The zero-order chi connectivity index (χ0) is 12.6. The van der Waals surface area contributed by atoms with Crippen molar-refractivity contribution < 1.29 is 0 Å². The predicted molar refractivity (Wildman–Crippen MR) is 78.2 cm³/mol. The lowest BCUT2D eigenvalue weighted by Crippen LogP contribution is -2.02. The van der Waals surface area contributed by atoms with Crippen LogP contribution in [0.15, 0.2) is 60.7 Å². The predicted octanol–water partition coefficient (Wildman–Crippen LogP) is 5.05.